The van der Waals surface area contributed by atoms with Crippen molar-refractivity contribution >= 4 is 5.69 Å². The van der Waals surface area contributed by atoms with Gasteiger partial charge in [-0.05, 0) is 24.6 Å². The van der Waals surface area contributed by atoms with E-state index >= 15 is 0 Å². The Bertz CT molecular complexity index is 379. The molecule has 3 nitrogen and oxygen atoms in total. The zero-order chi connectivity index (χ0) is 13.1. The van der Waals surface area contributed by atoms with Gasteiger partial charge in [0.2, 0.25) is 0 Å². The van der Waals surface area contributed by atoms with Crippen molar-refractivity contribution < 1.29 is 23.0 Å². The molecule has 1 aromatic carbocycles. The molecular formula is C11H14F3NO2. The minimum Gasteiger partial charge on any atom is -0.406 e. The lowest BCUT2D eigenvalue weighted by molar-refractivity contribution is -0.274. The topological polar surface area (TPSA) is 55.5 Å². The highest BCUT2D eigenvalue weighted by atomic mass is 19.4. The van der Waals surface area contributed by atoms with Crippen LogP contribution in [-0.2, 0) is 0 Å². The first-order valence-corrected chi connectivity index (χ1v) is 5.16. The Kier molecular flexibility index (Phi) is 4.22. The third kappa shape index (κ3) is 4.14. The molecule has 1 atom stereocenters. The zero-order valence-corrected chi connectivity index (χ0v) is 9.29. The van der Waals surface area contributed by atoms with Crippen LogP contribution < -0.4 is 10.5 Å². The first kappa shape index (κ1) is 13.6. The number of nitrogen functional groups attached to an aromatic ring is 1. The van der Waals surface area contributed by atoms with Gasteiger partial charge in [0.15, 0.2) is 0 Å². The summed E-state index contributed by atoms with van der Waals surface area (Å²) >= 11 is 0. The van der Waals surface area contributed by atoms with Crippen LogP contribution >= 0.6 is 0 Å². The van der Waals surface area contributed by atoms with Crippen LogP contribution in [0, 0.1) is 0 Å². The highest BCUT2D eigenvalue weighted by Gasteiger charge is 2.31. The Balaban J connectivity index is 2.94. The highest BCUT2D eigenvalue weighted by molar-refractivity contribution is 5.51. The van der Waals surface area contributed by atoms with Crippen molar-refractivity contribution in [2.24, 2.45) is 0 Å². The van der Waals surface area contributed by atoms with Gasteiger partial charge < -0.3 is 15.6 Å². The molecule has 0 spiro atoms. The molecule has 0 fully saturated rings. The molecule has 0 saturated carbocycles. The molecule has 17 heavy (non-hydrogen) atoms. The van der Waals surface area contributed by atoms with E-state index in [1.165, 1.54) is 6.07 Å². The first-order valence-electron chi connectivity index (χ1n) is 5.16. The Morgan fingerprint density at radius 1 is 1.41 bits per heavy atom. The molecule has 0 aliphatic heterocycles. The van der Waals surface area contributed by atoms with E-state index < -0.39 is 12.5 Å². The lowest BCUT2D eigenvalue weighted by Gasteiger charge is -2.15. The minimum absolute atomic E-state index is 0.250. The van der Waals surface area contributed by atoms with E-state index in [4.69, 9.17) is 5.73 Å². The molecule has 0 amide bonds. The fraction of sp³-hybridized carbons (Fsp3) is 0.455. The molecule has 1 rings (SSSR count). The average Bonchev–Trinajstić information content (AvgIpc) is 2.19. The van der Waals surface area contributed by atoms with Crippen molar-refractivity contribution in [3.8, 4) is 5.75 Å². The number of aliphatic hydroxyl groups is 1. The maximum absolute atomic E-state index is 12.0. The normalized spacial score (nSPS) is 13.5. The number of anilines is 1. The van der Waals surface area contributed by atoms with Gasteiger partial charge in [0.1, 0.15) is 5.75 Å². The van der Waals surface area contributed by atoms with Crippen LogP contribution in [-0.4, -0.2) is 11.5 Å². The second kappa shape index (κ2) is 5.27. The lowest BCUT2D eigenvalue weighted by atomic mass is 10.0. The van der Waals surface area contributed by atoms with Crippen LogP contribution in [0.5, 0.6) is 5.75 Å². The SMILES string of the molecule is CCCC(O)c1cc(OC(F)(F)F)ccc1N. The van der Waals surface area contributed by atoms with E-state index in [0.717, 1.165) is 12.1 Å². The average molecular weight is 249 g/mol. The summed E-state index contributed by atoms with van der Waals surface area (Å²) in [6.45, 7) is 1.86. The predicted octanol–water partition coefficient (Wildman–Crippen LogP) is 3.00. The number of aliphatic hydroxyl groups excluding tert-OH is 1. The first-order chi connectivity index (χ1) is 7.83. The number of hydrogen-bond donors (Lipinski definition) is 2. The van der Waals surface area contributed by atoms with E-state index in [9.17, 15) is 18.3 Å². The maximum Gasteiger partial charge on any atom is 0.573 e. The molecule has 96 valence electrons. The van der Waals surface area contributed by atoms with Crippen LogP contribution in [0.1, 0.15) is 31.4 Å². The summed E-state index contributed by atoms with van der Waals surface area (Å²) in [7, 11) is 0. The van der Waals surface area contributed by atoms with Crippen molar-refractivity contribution in [1.82, 2.24) is 0 Å². The van der Waals surface area contributed by atoms with Crippen molar-refractivity contribution in [2.75, 3.05) is 5.73 Å². The Morgan fingerprint density at radius 3 is 2.59 bits per heavy atom. The van der Waals surface area contributed by atoms with Gasteiger partial charge in [0, 0.05) is 11.3 Å². The van der Waals surface area contributed by atoms with Gasteiger partial charge in [-0.15, -0.1) is 13.2 Å². The van der Waals surface area contributed by atoms with E-state index in [1.54, 1.807) is 0 Å². The molecular weight excluding hydrogens is 235 g/mol. The molecule has 6 heteroatoms. The monoisotopic (exact) mass is 249 g/mol. The molecule has 1 unspecified atom stereocenters. The molecule has 1 aromatic rings. The van der Waals surface area contributed by atoms with Gasteiger partial charge in [-0.1, -0.05) is 13.3 Å². The van der Waals surface area contributed by atoms with E-state index in [-0.39, 0.29) is 17.0 Å². The van der Waals surface area contributed by atoms with Gasteiger partial charge in [0.05, 0.1) is 6.10 Å². The number of alkyl halides is 3. The molecule has 0 aromatic heterocycles. The van der Waals surface area contributed by atoms with Gasteiger partial charge in [-0.3, -0.25) is 0 Å². The highest BCUT2D eigenvalue weighted by Crippen LogP contribution is 2.30. The van der Waals surface area contributed by atoms with Gasteiger partial charge >= 0.3 is 6.36 Å². The summed E-state index contributed by atoms with van der Waals surface area (Å²) in [6, 6.07) is 3.52. The third-order valence-electron chi connectivity index (χ3n) is 2.21. The van der Waals surface area contributed by atoms with E-state index in [2.05, 4.69) is 4.74 Å². The number of benzene rings is 1. The second-order valence-electron chi connectivity index (χ2n) is 3.64. The van der Waals surface area contributed by atoms with Crippen molar-refractivity contribution in [2.45, 2.75) is 32.2 Å². The lowest BCUT2D eigenvalue weighted by Crippen LogP contribution is -2.17. The number of halogens is 3. The summed E-state index contributed by atoms with van der Waals surface area (Å²) in [5.74, 6) is -0.378. The van der Waals surface area contributed by atoms with E-state index in [0.29, 0.717) is 12.8 Å². The molecule has 0 saturated heterocycles. The molecule has 0 radical (unpaired) electrons. The fourth-order valence-electron chi connectivity index (χ4n) is 1.47. The standard InChI is InChI=1S/C11H14F3NO2/c1-2-3-10(16)8-6-7(4-5-9(8)15)17-11(12,13)14/h4-6,10,16H,2-3,15H2,1H3. The molecule has 3 N–H and O–H groups in total. The van der Waals surface area contributed by atoms with Crippen molar-refractivity contribution in [1.29, 1.82) is 0 Å². The summed E-state index contributed by atoms with van der Waals surface area (Å²) < 4.78 is 39.8. The van der Waals surface area contributed by atoms with Crippen LogP contribution in [0.15, 0.2) is 18.2 Å². The Labute approximate surface area is 97.0 Å². The van der Waals surface area contributed by atoms with Gasteiger partial charge in [-0.25, -0.2) is 0 Å². The van der Waals surface area contributed by atoms with Crippen LogP contribution in [0.3, 0.4) is 0 Å². The molecule has 0 aliphatic rings. The molecule has 0 heterocycles. The number of ether oxygens (including phenoxy) is 1. The second-order valence-corrected chi connectivity index (χ2v) is 3.64. The van der Waals surface area contributed by atoms with Crippen LogP contribution in [0.25, 0.3) is 0 Å². The summed E-state index contributed by atoms with van der Waals surface area (Å²) in [5, 5.41) is 9.71. The number of nitrogens with two attached hydrogens (primary N) is 1. The smallest absolute Gasteiger partial charge is 0.406 e. The zero-order valence-electron chi connectivity index (χ0n) is 9.29. The van der Waals surface area contributed by atoms with Crippen LogP contribution in [0.4, 0.5) is 18.9 Å². The van der Waals surface area contributed by atoms with E-state index in [1.807, 2.05) is 6.92 Å². The Hall–Kier alpha value is -1.43. The fourth-order valence-corrected chi connectivity index (χ4v) is 1.47. The Morgan fingerprint density at radius 2 is 2.06 bits per heavy atom. The summed E-state index contributed by atoms with van der Waals surface area (Å²) in [6.07, 6.45) is -4.50. The minimum atomic E-state index is -4.75. The van der Waals surface area contributed by atoms with Gasteiger partial charge in [0.25, 0.3) is 0 Å². The molecule has 0 bridgehead atoms. The van der Waals surface area contributed by atoms with Crippen molar-refractivity contribution in [3.63, 3.8) is 0 Å². The molecule has 0 aliphatic carbocycles. The van der Waals surface area contributed by atoms with Gasteiger partial charge in [-0.2, -0.15) is 0 Å². The summed E-state index contributed by atoms with van der Waals surface area (Å²) in [5.41, 5.74) is 6.10. The van der Waals surface area contributed by atoms with Crippen LogP contribution in [0.2, 0.25) is 0 Å². The maximum atomic E-state index is 12.0. The number of hydrogen-bond acceptors (Lipinski definition) is 3. The van der Waals surface area contributed by atoms with Crippen molar-refractivity contribution in [3.05, 3.63) is 23.8 Å². The largest absolute Gasteiger partial charge is 0.573 e. The predicted molar refractivity (Wildman–Crippen MR) is 57.4 cm³/mol. The quantitative estimate of drug-likeness (QED) is 0.806. The third-order valence-corrected chi connectivity index (χ3v) is 2.21. The number of rotatable bonds is 4. The summed E-state index contributed by atoms with van der Waals surface area (Å²) in [4.78, 5) is 0.